The van der Waals surface area contributed by atoms with Crippen LogP contribution in [-0.4, -0.2) is 24.8 Å². The van der Waals surface area contributed by atoms with Crippen molar-refractivity contribution in [2.45, 2.75) is 38.6 Å². The summed E-state index contributed by atoms with van der Waals surface area (Å²) < 4.78 is 5.28. The standard InChI is InChI=1S/C12H21N3O/c1-2-13-6-3-7-14-9-11-8-12(16-15-11)10-4-5-10/h8,10,13-14H,2-7,9H2,1H3. The summed E-state index contributed by atoms with van der Waals surface area (Å²) in [6.45, 7) is 6.10. The van der Waals surface area contributed by atoms with Crippen LogP contribution >= 0.6 is 0 Å². The lowest BCUT2D eigenvalue weighted by atomic mass is 10.3. The van der Waals surface area contributed by atoms with E-state index in [1.54, 1.807) is 0 Å². The van der Waals surface area contributed by atoms with Gasteiger partial charge in [0.25, 0.3) is 0 Å². The normalized spacial score (nSPS) is 15.6. The molecule has 1 aliphatic carbocycles. The topological polar surface area (TPSA) is 50.1 Å². The highest BCUT2D eigenvalue weighted by Crippen LogP contribution is 2.40. The minimum Gasteiger partial charge on any atom is -0.361 e. The molecule has 0 bridgehead atoms. The average Bonchev–Trinajstić information content (AvgIpc) is 3.04. The average molecular weight is 223 g/mol. The van der Waals surface area contributed by atoms with E-state index in [0.717, 1.165) is 44.1 Å². The van der Waals surface area contributed by atoms with E-state index < -0.39 is 0 Å². The van der Waals surface area contributed by atoms with Crippen LogP contribution in [0.4, 0.5) is 0 Å². The Kier molecular flexibility index (Phi) is 4.36. The van der Waals surface area contributed by atoms with Gasteiger partial charge < -0.3 is 15.2 Å². The zero-order valence-electron chi connectivity index (χ0n) is 9.96. The first-order chi connectivity index (χ1) is 7.90. The molecule has 2 rings (SSSR count). The van der Waals surface area contributed by atoms with Crippen LogP contribution in [0.1, 0.15) is 43.6 Å². The van der Waals surface area contributed by atoms with Gasteiger partial charge in [0.1, 0.15) is 5.76 Å². The summed E-state index contributed by atoms with van der Waals surface area (Å²) in [5, 5.41) is 10.7. The summed E-state index contributed by atoms with van der Waals surface area (Å²) >= 11 is 0. The maximum absolute atomic E-state index is 5.28. The maximum atomic E-state index is 5.28. The smallest absolute Gasteiger partial charge is 0.140 e. The van der Waals surface area contributed by atoms with Crippen molar-refractivity contribution in [3.05, 3.63) is 17.5 Å². The molecule has 1 aliphatic rings. The summed E-state index contributed by atoms with van der Waals surface area (Å²) in [6.07, 6.45) is 3.69. The number of nitrogens with zero attached hydrogens (tertiary/aromatic N) is 1. The summed E-state index contributed by atoms with van der Waals surface area (Å²) in [7, 11) is 0. The Labute approximate surface area is 96.8 Å². The Morgan fingerprint density at radius 1 is 1.38 bits per heavy atom. The number of rotatable bonds is 8. The van der Waals surface area contributed by atoms with Crippen molar-refractivity contribution in [1.29, 1.82) is 0 Å². The van der Waals surface area contributed by atoms with Crippen molar-refractivity contribution in [3.63, 3.8) is 0 Å². The summed E-state index contributed by atoms with van der Waals surface area (Å²) in [5.74, 6) is 1.74. The molecule has 90 valence electrons. The van der Waals surface area contributed by atoms with E-state index in [4.69, 9.17) is 4.52 Å². The SMILES string of the molecule is CCNCCCNCc1cc(C2CC2)on1. The van der Waals surface area contributed by atoms with Gasteiger partial charge >= 0.3 is 0 Å². The van der Waals surface area contributed by atoms with Gasteiger partial charge in [0, 0.05) is 18.5 Å². The molecule has 1 aromatic heterocycles. The second-order valence-electron chi connectivity index (χ2n) is 4.38. The van der Waals surface area contributed by atoms with Crippen molar-refractivity contribution in [1.82, 2.24) is 15.8 Å². The second-order valence-corrected chi connectivity index (χ2v) is 4.38. The highest BCUT2D eigenvalue weighted by molar-refractivity contribution is 5.14. The van der Waals surface area contributed by atoms with Crippen LogP contribution in [0.5, 0.6) is 0 Å². The Hall–Kier alpha value is -0.870. The molecule has 2 N–H and O–H groups in total. The third kappa shape index (κ3) is 3.61. The molecule has 0 aromatic carbocycles. The molecule has 0 unspecified atom stereocenters. The molecule has 1 aromatic rings. The van der Waals surface area contributed by atoms with Gasteiger partial charge in [-0.05, 0) is 38.9 Å². The van der Waals surface area contributed by atoms with Crippen molar-refractivity contribution in [2.75, 3.05) is 19.6 Å². The first-order valence-electron chi connectivity index (χ1n) is 6.27. The van der Waals surface area contributed by atoms with E-state index >= 15 is 0 Å². The number of aromatic nitrogens is 1. The van der Waals surface area contributed by atoms with Crippen molar-refractivity contribution >= 4 is 0 Å². The molecule has 4 nitrogen and oxygen atoms in total. The molecular formula is C12H21N3O. The molecule has 0 atom stereocenters. The van der Waals surface area contributed by atoms with Gasteiger partial charge in [-0.15, -0.1) is 0 Å². The number of hydrogen-bond donors (Lipinski definition) is 2. The first-order valence-corrected chi connectivity index (χ1v) is 6.27. The van der Waals surface area contributed by atoms with Gasteiger partial charge in [0.15, 0.2) is 0 Å². The van der Waals surface area contributed by atoms with Crippen molar-refractivity contribution in [3.8, 4) is 0 Å². The number of nitrogens with one attached hydrogen (secondary N) is 2. The van der Waals surface area contributed by atoms with Crippen LogP contribution < -0.4 is 10.6 Å². The van der Waals surface area contributed by atoms with Gasteiger partial charge in [-0.25, -0.2) is 0 Å². The lowest BCUT2D eigenvalue weighted by Gasteiger charge is -2.02. The molecule has 1 fully saturated rings. The lowest BCUT2D eigenvalue weighted by Crippen LogP contribution is -2.21. The molecule has 0 radical (unpaired) electrons. The fourth-order valence-corrected chi connectivity index (χ4v) is 1.70. The first kappa shape index (κ1) is 11.6. The molecular weight excluding hydrogens is 202 g/mol. The molecule has 0 aliphatic heterocycles. The molecule has 1 saturated carbocycles. The van der Waals surface area contributed by atoms with Crippen molar-refractivity contribution < 1.29 is 4.52 Å². The van der Waals surface area contributed by atoms with Crippen LogP contribution in [0.25, 0.3) is 0 Å². The van der Waals surface area contributed by atoms with Crippen LogP contribution in [0.3, 0.4) is 0 Å². The predicted octanol–water partition coefficient (Wildman–Crippen LogP) is 1.64. The van der Waals surface area contributed by atoms with E-state index in [9.17, 15) is 0 Å². The zero-order chi connectivity index (χ0) is 11.2. The molecule has 0 saturated heterocycles. The molecule has 4 heteroatoms. The molecule has 16 heavy (non-hydrogen) atoms. The Morgan fingerprint density at radius 3 is 2.94 bits per heavy atom. The van der Waals surface area contributed by atoms with Gasteiger partial charge in [-0.2, -0.15) is 0 Å². The summed E-state index contributed by atoms with van der Waals surface area (Å²) in [6, 6.07) is 2.09. The molecule has 1 heterocycles. The van der Waals surface area contributed by atoms with Gasteiger partial charge in [-0.3, -0.25) is 0 Å². The third-order valence-corrected chi connectivity index (χ3v) is 2.82. The fourth-order valence-electron chi connectivity index (χ4n) is 1.70. The second kappa shape index (κ2) is 6.01. The largest absolute Gasteiger partial charge is 0.361 e. The van der Waals surface area contributed by atoms with E-state index in [1.165, 1.54) is 12.8 Å². The van der Waals surface area contributed by atoms with Gasteiger partial charge in [0.05, 0.1) is 5.69 Å². The monoisotopic (exact) mass is 223 g/mol. The highest BCUT2D eigenvalue weighted by Gasteiger charge is 2.27. The quantitative estimate of drug-likeness (QED) is 0.658. The maximum Gasteiger partial charge on any atom is 0.140 e. The van der Waals surface area contributed by atoms with E-state index in [1.807, 2.05) is 0 Å². The summed E-state index contributed by atoms with van der Waals surface area (Å²) in [4.78, 5) is 0. The van der Waals surface area contributed by atoms with Gasteiger partial charge in [-0.1, -0.05) is 12.1 Å². The Balaban J connectivity index is 1.57. The molecule has 0 amide bonds. The van der Waals surface area contributed by atoms with Crippen LogP contribution in [0.15, 0.2) is 10.6 Å². The highest BCUT2D eigenvalue weighted by atomic mass is 16.5. The van der Waals surface area contributed by atoms with E-state index in [-0.39, 0.29) is 0 Å². The van der Waals surface area contributed by atoms with Gasteiger partial charge in [0.2, 0.25) is 0 Å². The van der Waals surface area contributed by atoms with Crippen LogP contribution in [0, 0.1) is 0 Å². The predicted molar refractivity (Wildman–Crippen MR) is 63.3 cm³/mol. The van der Waals surface area contributed by atoms with E-state index in [0.29, 0.717) is 5.92 Å². The summed E-state index contributed by atoms with van der Waals surface area (Å²) in [5.41, 5.74) is 1.03. The zero-order valence-corrected chi connectivity index (χ0v) is 9.96. The van der Waals surface area contributed by atoms with E-state index in [2.05, 4.69) is 28.8 Å². The fraction of sp³-hybridized carbons (Fsp3) is 0.750. The number of hydrogen-bond acceptors (Lipinski definition) is 4. The lowest BCUT2D eigenvalue weighted by molar-refractivity contribution is 0.376. The Bertz CT molecular complexity index is 307. The van der Waals surface area contributed by atoms with Crippen LogP contribution in [-0.2, 0) is 6.54 Å². The minimum atomic E-state index is 0.662. The molecule has 0 spiro atoms. The third-order valence-electron chi connectivity index (χ3n) is 2.82. The Morgan fingerprint density at radius 2 is 2.19 bits per heavy atom. The van der Waals surface area contributed by atoms with Crippen molar-refractivity contribution in [2.24, 2.45) is 0 Å². The minimum absolute atomic E-state index is 0.662. The van der Waals surface area contributed by atoms with Crippen LogP contribution in [0.2, 0.25) is 0 Å².